The average molecular weight is 315 g/mol. The normalized spacial score (nSPS) is 11.6. The standard InChI is InChI=1S/C12H14FN3O4S/c1-7-4-5-8(11(17)10(7)13)20-6-9-14-15-12(16(9)2)21(3,18)19/h4-5,17H,6H2,1-3H3. The van der Waals surface area contributed by atoms with Crippen LogP contribution in [0.2, 0.25) is 0 Å². The fraction of sp³-hybridized carbons (Fsp3) is 0.333. The van der Waals surface area contributed by atoms with Gasteiger partial charge in [-0.15, -0.1) is 10.2 Å². The second-order valence-corrected chi connectivity index (χ2v) is 6.47. The zero-order valence-corrected chi connectivity index (χ0v) is 12.5. The predicted octanol–water partition coefficient (Wildman–Crippen LogP) is 0.951. The lowest BCUT2D eigenvalue weighted by Crippen LogP contribution is -2.09. The number of hydrogen-bond acceptors (Lipinski definition) is 6. The number of nitrogens with zero attached hydrogens (tertiary/aromatic N) is 3. The first-order chi connectivity index (χ1) is 9.71. The van der Waals surface area contributed by atoms with Crippen molar-refractivity contribution in [2.45, 2.75) is 18.7 Å². The molecule has 0 unspecified atom stereocenters. The quantitative estimate of drug-likeness (QED) is 0.903. The van der Waals surface area contributed by atoms with Gasteiger partial charge in [0.1, 0.15) is 6.61 Å². The van der Waals surface area contributed by atoms with E-state index in [-0.39, 0.29) is 28.9 Å². The zero-order chi connectivity index (χ0) is 15.8. The lowest BCUT2D eigenvalue weighted by atomic mass is 10.2. The minimum absolute atomic E-state index is 0.0537. The molecule has 114 valence electrons. The number of halogens is 1. The predicted molar refractivity (Wildman–Crippen MR) is 71.2 cm³/mol. The van der Waals surface area contributed by atoms with Crippen molar-refractivity contribution in [2.24, 2.45) is 7.05 Å². The van der Waals surface area contributed by atoms with E-state index in [1.54, 1.807) is 0 Å². The number of phenolic OH excluding ortho intramolecular Hbond substituents is 1. The number of ether oxygens (including phenoxy) is 1. The summed E-state index contributed by atoms with van der Waals surface area (Å²) in [5.41, 5.74) is 0.290. The highest BCUT2D eigenvalue weighted by Gasteiger charge is 2.19. The summed E-state index contributed by atoms with van der Waals surface area (Å²) in [5.74, 6) is -1.18. The molecule has 1 aromatic heterocycles. The Labute approximate surface area is 120 Å². The Bertz CT molecular complexity index is 786. The van der Waals surface area contributed by atoms with Gasteiger partial charge in [-0.05, 0) is 18.6 Å². The van der Waals surface area contributed by atoms with Crippen LogP contribution in [-0.4, -0.2) is 34.5 Å². The number of aryl methyl sites for hydroxylation is 1. The molecular formula is C12H14FN3O4S. The Morgan fingerprint density at radius 1 is 1.38 bits per heavy atom. The molecule has 0 radical (unpaired) electrons. The van der Waals surface area contributed by atoms with Gasteiger partial charge in [-0.1, -0.05) is 6.07 Å². The Morgan fingerprint density at radius 2 is 2.05 bits per heavy atom. The Hall–Kier alpha value is -2.16. The van der Waals surface area contributed by atoms with Crippen LogP contribution in [0, 0.1) is 12.7 Å². The molecule has 0 amide bonds. The van der Waals surface area contributed by atoms with Crippen LogP contribution in [-0.2, 0) is 23.5 Å². The van der Waals surface area contributed by atoms with Crippen LogP contribution in [0.4, 0.5) is 4.39 Å². The molecule has 2 rings (SSSR count). The first-order valence-electron chi connectivity index (χ1n) is 5.91. The fourth-order valence-corrected chi connectivity index (χ4v) is 2.49. The van der Waals surface area contributed by atoms with Crippen LogP contribution in [0.3, 0.4) is 0 Å². The molecule has 1 N–H and O–H groups in total. The SMILES string of the molecule is Cc1ccc(OCc2nnc(S(C)(=O)=O)n2C)c(O)c1F. The Balaban J connectivity index is 2.22. The van der Waals surface area contributed by atoms with Crippen molar-refractivity contribution < 1.29 is 22.7 Å². The number of aromatic nitrogens is 3. The van der Waals surface area contributed by atoms with Crippen LogP contribution in [0.5, 0.6) is 11.5 Å². The summed E-state index contributed by atoms with van der Waals surface area (Å²) < 4.78 is 42.9. The molecule has 0 fully saturated rings. The van der Waals surface area contributed by atoms with Gasteiger partial charge in [-0.2, -0.15) is 0 Å². The smallest absolute Gasteiger partial charge is 0.249 e. The van der Waals surface area contributed by atoms with Crippen LogP contribution in [0.15, 0.2) is 17.3 Å². The molecule has 0 aliphatic heterocycles. The highest BCUT2D eigenvalue weighted by Crippen LogP contribution is 2.31. The third-order valence-corrected chi connectivity index (χ3v) is 3.90. The number of hydrogen-bond donors (Lipinski definition) is 1. The van der Waals surface area contributed by atoms with Crippen molar-refractivity contribution in [1.29, 1.82) is 0 Å². The molecule has 1 heterocycles. The largest absolute Gasteiger partial charge is 0.502 e. The van der Waals surface area contributed by atoms with E-state index in [1.807, 2.05) is 0 Å². The van der Waals surface area contributed by atoms with Gasteiger partial charge >= 0.3 is 0 Å². The average Bonchev–Trinajstić information content (AvgIpc) is 2.76. The van der Waals surface area contributed by atoms with Crippen molar-refractivity contribution in [3.8, 4) is 11.5 Å². The Morgan fingerprint density at radius 3 is 2.62 bits per heavy atom. The zero-order valence-electron chi connectivity index (χ0n) is 11.7. The van der Waals surface area contributed by atoms with Crippen LogP contribution >= 0.6 is 0 Å². The topological polar surface area (TPSA) is 94.3 Å². The summed E-state index contributed by atoms with van der Waals surface area (Å²) in [6, 6.07) is 2.88. The van der Waals surface area contributed by atoms with E-state index in [0.29, 0.717) is 0 Å². The molecule has 0 saturated carbocycles. The van der Waals surface area contributed by atoms with Gasteiger partial charge in [0, 0.05) is 13.3 Å². The summed E-state index contributed by atoms with van der Waals surface area (Å²) in [6.07, 6.45) is 1.02. The van der Waals surface area contributed by atoms with E-state index in [4.69, 9.17) is 4.74 Å². The van der Waals surface area contributed by atoms with Gasteiger partial charge in [-0.3, -0.25) is 0 Å². The van der Waals surface area contributed by atoms with Gasteiger partial charge in [0.15, 0.2) is 23.1 Å². The van der Waals surface area contributed by atoms with Crippen molar-refractivity contribution >= 4 is 9.84 Å². The van der Waals surface area contributed by atoms with E-state index in [2.05, 4.69) is 10.2 Å². The molecular weight excluding hydrogens is 301 g/mol. The molecule has 0 spiro atoms. The Kier molecular flexibility index (Phi) is 3.86. The van der Waals surface area contributed by atoms with Crippen molar-refractivity contribution in [1.82, 2.24) is 14.8 Å². The molecule has 0 saturated heterocycles. The van der Waals surface area contributed by atoms with Crippen molar-refractivity contribution in [3.05, 3.63) is 29.3 Å². The molecule has 0 aliphatic rings. The number of benzene rings is 1. The molecule has 0 atom stereocenters. The number of phenols is 1. The van der Waals surface area contributed by atoms with Gasteiger partial charge in [0.25, 0.3) is 0 Å². The van der Waals surface area contributed by atoms with E-state index in [0.717, 1.165) is 6.26 Å². The number of aromatic hydroxyl groups is 1. The summed E-state index contributed by atoms with van der Waals surface area (Å²) in [7, 11) is -2.01. The van der Waals surface area contributed by atoms with E-state index < -0.39 is 21.4 Å². The third-order valence-electron chi connectivity index (χ3n) is 2.89. The fourth-order valence-electron chi connectivity index (χ4n) is 1.70. The summed E-state index contributed by atoms with van der Waals surface area (Å²) in [5, 5.41) is 16.7. The highest BCUT2D eigenvalue weighted by molar-refractivity contribution is 7.90. The van der Waals surface area contributed by atoms with E-state index in [9.17, 15) is 17.9 Å². The highest BCUT2D eigenvalue weighted by atomic mass is 32.2. The first kappa shape index (κ1) is 15.2. The van der Waals surface area contributed by atoms with E-state index >= 15 is 0 Å². The maximum Gasteiger partial charge on any atom is 0.249 e. The van der Waals surface area contributed by atoms with Crippen molar-refractivity contribution in [2.75, 3.05) is 6.26 Å². The maximum absolute atomic E-state index is 13.5. The monoisotopic (exact) mass is 315 g/mol. The minimum Gasteiger partial charge on any atom is -0.502 e. The molecule has 9 heteroatoms. The van der Waals surface area contributed by atoms with Crippen molar-refractivity contribution in [3.63, 3.8) is 0 Å². The molecule has 7 nitrogen and oxygen atoms in total. The number of sulfone groups is 1. The molecule has 21 heavy (non-hydrogen) atoms. The lowest BCUT2D eigenvalue weighted by molar-refractivity contribution is 0.270. The molecule has 1 aromatic carbocycles. The molecule has 0 bridgehead atoms. The van der Waals surface area contributed by atoms with Gasteiger partial charge in [0.05, 0.1) is 0 Å². The second kappa shape index (κ2) is 5.32. The summed E-state index contributed by atoms with van der Waals surface area (Å²) in [6.45, 7) is 1.36. The molecule has 0 aliphatic carbocycles. The van der Waals surface area contributed by atoms with Crippen LogP contribution < -0.4 is 4.74 Å². The third kappa shape index (κ3) is 2.97. The van der Waals surface area contributed by atoms with Gasteiger partial charge in [-0.25, -0.2) is 12.8 Å². The van der Waals surface area contributed by atoms with E-state index in [1.165, 1.54) is 30.7 Å². The van der Waals surface area contributed by atoms with Crippen LogP contribution in [0.25, 0.3) is 0 Å². The summed E-state index contributed by atoms with van der Waals surface area (Å²) in [4.78, 5) is 0. The van der Waals surface area contributed by atoms with Gasteiger partial charge < -0.3 is 14.4 Å². The van der Waals surface area contributed by atoms with Gasteiger partial charge in [0.2, 0.25) is 15.0 Å². The summed E-state index contributed by atoms with van der Waals surface area (Å²) >= 11 is 0. The first-order valence-corrected chi connectivity index (χ1v) is 7.80. The number of rotatable bonds is 4. The van der Waals surface area contributed by atoms with Crippen LogP contribution in [0.1, 0.15) is 11.4 Å². The second-order valence-electron chi connectivity index (χ2n) is 4.56. The maximum atomic E-state index is 13.5. The minimum atomic E-state index is -3.49. The lowest BCUT2D eigenvalue weighted by Gasteiger charge is -2.09. The molecule has 2 aromatic rings.